The van der Waals surface area contributed by atoms with Gasteiger partial charge in [0.1, 0.15) is 12.2 Å². The van der Waals surface area contributed by atoms with Gasteiger partial charge in [0.15, 0.2) is 11.6 Å². The molecule has 6 heteroatoms. The fraction of sp³-hybridized carbons (Fsp3) is 0.727. The molecule has 8 atom stereocenters. The van der Waals surface area contributed by atoms with Crippen LogP contribution in [0.1, 0.15) is 49.3 Å². The Kier molecular flexibility index (Phi) is 5.89. The summed E-state index contributed by atoms with van der Waals surface area (Å²) in [6.45, 7) is 5.48. The van der Waals surface area contributed by atoms with Crippen LogP contribution < -0.4 is 0 Å². The van der Waals surface area contributed by atoms with E-state index >= 15 is 0 Å². The van der Waals surface area contributed by atoms with Crippen LogP contribution >= 0.6 is 0 Å². The van der Waals surface area contributed by atoms with E-state index in [-0.39, 0.29) is 75.5 Å². The standard InChI is InChI=1S/C22H30O5.Ca.2H/c1-12-8-14-15-5-7-22(27,18(26)11-23)21(15,3)10-17(25)19(14)20(2)6-4-13(24)9-16(12)20;;;/h4,6,9,12,14-15,17,19,23,25,27H,5,7-8,10-11H2,1-3H3;;;/q;+2;2*-1/t12-,14-,15-,17-,19+,20-,21-,22-;;;/m0.../s1. The Bertz CT molecular complexity index is 771. The average molecular weight is 417 g/mol. The SMILES string of the molecule is C[C@H]1C[C@@H]2[C@H]([C@@H](O)C[C@@]3(C)[C@H]2CC[C@]3(O)C(=O)CO)[C@@]2(C)C=CC(=O)C=C12.[Ca+2].[H-].[H-]. The van der Waals surface area contributed by atoms with Crippen molar-refractivity contribution in [1.82, 2.24) is 0 Å². The van der Waals surface area contributed by atoms with Crippen molar-refractivity contribution in [3.05, 3.63) is 23.8 Å². The van der Waals surface area contributed by atoms with Gasteiger partial charge in [0.25, 0.3) is 0 Å². The van der Waals surface area contributed by atoms with Crippen LogP contribution in [0.3, 0.4) is 0 Å². The fourth-order valence-electron chi connectivity index (χ4n) is 7.34. The maximum absolute atomic E-state index is 12.4. The molecule has 152 valence electrons. The summed E-state index contributed by atoms with van der Waals surface area (Å²) in [5, 5.41) is 31.9. The Morgan fingerprint density at radius 2 is 2.04 bits per heavy atom. The molecule has 3 fully saturated rings. The number of carbonyl (C=O) groups is 2. The second-order valence-corrected chi connectivity index (χ2v) is 9.72. The number of aliphatic hydroxyl groups excluding tert-OH is 2. The molecule has 0 aromatic rings. The van der Waals surface area contributed by atoms with Crippen molar-refractivity contribution >= 4 is 49.3 Å². The molecule has 3 saturated carbocycles. The first-order valence-electron chi connectivity index (χ1n) is 10.1. The first-order chi connectivity index (χ1) is 12.6. The summed E-state index contributed by atoms with van der Waals surface area (Å²) in [6.07, 6.45) is 6.87. The van der Waals surface area contributed by atoms with Crippen molar-refractivity contribution in [2.24, 2.45) is 34.5 Å². The number of hydrogen-bond donors (Lipinski definition) is 3. The Labute approximate surface area is 199 Å². The monoisotopic (exact) mass is 416 g/mol. The summed E-state index contributed by atoms with van der Waals surface area (Å²) in [6, 6.07) is 0. The predicted octanol–water partition coefficient (Wildman–Crippen LogP) is 1.65. The van der Waals surface area contributed by atoms with Crippen LogP contribution in [0.15, 0.2) is 23.8 Å². The van der Waals surface area contributed by atoms with E-state index in [0.29, 0.717) is 12.8 Å². The van der Waals surface area contributed by atoms with Crippen LogP contribution in [0.2, 0.25) is 0 Å². The summed E-state index contributed by atoms with van der Waals surface area (Å²) >= 11 is 0. The zero-order chi connectivity index (χ0) is 19.8. The predicted molar refractivity (Wildman–Crippen MR) is 108 cm³/mol. The van der Waals surface area contributed by atoms with Crippen LogP contribution in [0.5, 0.6) is 0 Å². The quantitative estimate of drug-likeness (QED) is 0.595. The molecule has 28 heavy (non-hydrogen) atoms. The molecule has 0 aromatic heterocycles. The van der Waals surface area contributed by atoms with Crippen molar-refractivity contribution in [2.75, 3.05) is 6.61 Å². The molecule has 0 unspecified atom stereocenters. The van der Waals surface area contributed by atoms with Gasteiger partial charge in [0, 0.05) is 16.7 Å². The average Bonchev–Trinajstić information content (AvgIpc) is 2.87. The van der Waals surface area contributed by atoms with E-state index in [1.165, 1.54) is 0 Å². The molecule has 0 radical (unpaired) electrons. The van der Waals surface area contributed by atoms with Gasteiger partial charge in [-0.2, -0.15) is 0 Å². The van der Waals surface area contributed by atoms with E-state index in [1.54, 1.807) is 12.2 Å². The number of fused-ring (bicyclic) bond motifs is 5. The number of allylic oxidation sites excluding steroid dienone is 4. The summed E-state index contributed by atoms with van der Waals surface area (Å²) in [7, 11) is 0. The normalized spacial score (nSPS) is 49.4. The van der Waals surface area contributed by atoms with E-state index in [0.717, 1.165) is 18.4 Å². The Balaban J connectivity index is 0.00000150. The van der Waals surface area contributed by atoms with E-state index in [2.05, 4.69) is 13.8 Å². The first kappa shape index (κ1) is 22.6. The Morgan fingerprint density at radius 1 is 1.36 bits per heavy atom. The summed E-state index contributed by atoms with van der Waals surface area (Å²) in [5.41, 5.74) is -1.59. The second kappa shape index (κ2) is 7.28. The maximum Gasteiger partial charge on any atom is 2.00 e. The smallest absolute Gasteiger partial charge is 1.00 e. The number of carbonyl (C=O) groups excluding carboxylic acids is 2. The number of ketones is 2. The Morgan fingerprint density at radius 3 is 2.68 bits per heavy atom. The molecule has 4 rings (SSSR count). The number of hydrogen-bond acceptors (Lipinski definition) is 5. The van der Waals surface area contributed by atoms with E-state index in [1.807, 2.05) is 13.0 Å². The summed E-state index contributed by atoms with van der Waals surface area (Å²) < 4.78 is 0. The minimum absolute atomic E-state index is 0. The third-order valence-electron chi connectivity index (χ3n) is 8.57. The Hall–Kier alpha value is -0.0403. The zero-order valence-electron chi connectivity index (χ0n) is 19.0. The van der Waals surface area contributed by atoms with Gasteiger partial charge in [-0.1, -0.05) is 32.4 Å². The van der Waals surface area contributed by atoms with Crippen LogP contribution in [0, 0.1) is 34.5 Å². The first-order valence-corrected chi connectivity index (χ1v) is 10.1. The van der Waals surface area contributed by atoms with Crippen molar-refractivity contribution in [2.45, 2.75) is 58.2 Å². The summed E-state index contributed by atoms with van der Waals surface area (Å²) in [4.78, 5) is 24.4. The van der Waals surface area contributed by atoms with Gasteiger partial charge in [-0.15, -0.1) is 0 Å². The maximum atomic E-state index is 12.4. The minimum atomic E-state index is -1.57. The topological polar surface area (TPSA) is 94.8 Å². The molecule has 0 amide bonds. The van der Waals surface area contributed by atoms with Crippen LogP contribution in [-0.4, -0.2) is 82.9 Å². The zero-order valence-corrected chi connectivity index (χ0v) is 19.2. The van der Waals surface area contributed by atoms with Crippen LogP contribution in [0.25, 0.3) is 0 Å². The third kappa shape index (κ3) is 2.80. The number of aliphatic hydroxyl groups is 3. The van der Waals surface area contributed by atoms with Crippen molar-refractivity contribution < 1.29 is 27.8 Å². The van der Waals surface area contributed by atoms with Crippen LogP contribution in [-0.2, 0) is 9.59 Å². The second-order valence-electron chi connectivity index (χ2n) is 9.72. The fourth-order valence-corrected chi connectivity index (χ4v) is 7.34. The van der Waals surface area contributed by atoms with E-state index in [9.17, 15) is 24.9 Å². The van der Waals surface area contributed by atoms with E-state index in [4.69, 9.17) is 0 Å². The molecule has 4 aliphatic carbocycles. The van der Waals surface area contributed by atoms with Gasteiger partial charge in [0.05, 0.1) is 6.10 Å². The van der Waals surface area contributed by atoms with Crippen molar-refractivity contribution in [1.29, 1.82) is 0 Å². The molecule has 0 aliphatic heterocycles. The van der Waals surface area contributed by atoms with Crippen molar-refractivity contribution in [3.8, 4) is 0 Å². The van der Waals surface area contributed by atoms with Gasteiger partial charge < -0.3 is 18.2 Å². The molecule has 0 saturated heterocycles. The molecule has 5 nitrogen and oxygen atoms in total. The molecule has 4 aliphatic rings. The van der Waals surface area contributed by atoms with Gasteiger partial charge in [-0.3, -0.25) is 9.59 Å². The summed E-state index contributed by atoms with van der Waals surface area (Å²) in [5.74, 6) is -0.0768. The largest absolute Gasteiger partial charge is 2.00 e. The van der Waals surface area contributed by atoms with Crippen LogP contribution in [0.4, 0.5) is 0 Å². The van der Waals surface area contributed by atoms with E-state index < -0.39 is 29.5 Å². The molecule has 3 N–H and O–H groups in total. The minimum Gasteiger partial charge on any atom is -1.00 e. The van der Waals surface area contributed by atoms with Crippen molar-refractivity contribution in [3.63, 3.8) is 0 Å². The molecular formula is C22H32CaO5. The molecule has 0 aromatic carbocycles. The van der Waals surface area contributed by atoms with Gasteiger partial charge >= 0.3 is 37.7 Å². The van der Waals surface area contributed by atoms with Gasteiger partial charge in [-0.25, -0.2) is 0 Å². The third-order valence-corrected chi connectivity index (χ3v) is 8.57. The molecule has 0 heterocycles. The molecule has 0 bridgehead atoms. The molecular weight excluding hydrogens is 384 g/mol. The molecule has 0 spiro atoms. The van der Waals surface area contributed by atoms with Gasteiger partial charge in [-0.05, 0) is 55.6 Å². The number of Topliss-reactive ketones (excluding diaryl/α,β-unsaturated/α-hetero) is 1. The van der Waals surface area contributed by atoms with Gasteiger partial charge in [0.2, 0.25) is 0 Å². The number of rotatable bonds is 2.